The molecule has 1 rings (SSSR count). The molecule has 0 saturated carbocycles. The second-order valence-electron chi connectivity index (χ2n) is 4.33. The van der Waals surface area contributed by atoms with Crippen molar-refractivity contribution in [3.63, 3.8) is 0 Å². The predicted molar refractivity (Wildman–Crippen MR) is 69.7 cm³/mol. The highest BCUT2D eigenvalue weighted by Crippen LogP contribution is 2.30. The summed E-state index contributed by atoms with van der Waals surface area (Å²) < 4.78 is 0. The van der Waals surface area contributed by atoms with Crippen LogP contribution >= 0.6 is 11.6 Å². The van der Waals surface area contributed by atoms with Crippen molar-refractivity contribution >= 4 is 11.6 Å². The Morgan fingerprint density at radius 3 is 2.00 bits per heavy atom. The standard InChI is InChI=1S/C14H21ClO/c1-3-5-11(6-4-2)14(16)12-7-9-13(15)10-8-12/h7-11,14,16H,3-6H2,1-2H3. The Bertz CT molecular complexity index is 288. The van der Waals surface area contributed by atoms with E-state index >= 15 is 0 Å². The summed E-state index contributed by atoms with van der Waals surface area (Å²) in [5.74, 6) is 0.371. The Morgan fingerprint density at radius 1 is 1.06 bits per heavy atom. The molecule has 0 aromatic heterocycles. The molecule has 1 aromatic rings. The normalized spacial score (nSPS) is 13.1. The van der Waals surface area contributed by atoms with E-state index < -0.39 is 0 Å². The summed E-state index contributed by atoms with van der Waals surface area (Å²) in [6, 6.07) is 7.53. The lowest BCUT2D eigenvalue weighted by molar-refractivity contribution is 0.0964. The van der Waals surface area contributed by atoms with E-state index in [1.807, 2.05) is 24.3 Å². The molecule has 0 bridgehead atoms. The van der Waals surface area contributed by atoms with Gasteiger partial charge in [-0.2, -0.15) is 0 Å². The number of rotatable bonds is 6. The average molecular weight is 241 g/mol. The van der Waals surface area contributed by atoms with Crippen LogP contribution in [0.4, 0.5) is 0 Å². The minimum absolute atomic E-state index is 0.350. The summed E-state index contributed by atoms with van der Waals surface area (Å²) in [5.41, 5.74) is 0.983. The molecule has 90 valence electrons. The van der Waals surface area contributed by atoms with E-state index in [1.54, 1.807) is 0 Å². The fraction of sp³-hybridized carbons (Fsp3) is 0.571. The fourth-order valence-corrected chi connectivity index (χ4v) is 2.26. The Balaban J connectivity index is 2.72. The van der Waals surface area contributed by atoms with Gasteiger partial charge in [-0.25, -0.2) is 0 Å². The van der Waals surface area contributed by atoms with Crippen LogP contribution < -0.4 is 0 Å². The van der Waals surface area contributed by atoms with Gasteiger partial charge in [0.15, 0.2) is 0 Å². The summed E-state index contributed by atoms with van der Waals surface area (Å²) >= 11 is 5.84. The van der Waals surface area contributed by atoms with Crippen LogP contribution in [0.25, 0.3) is 0 Å². The molecule has 0 heterocycles. The molecule has 1 atom stereocenters. The highest BCUT2D eigenvalue weighted by molar-refractivity contribution is 6.30. The Morgan fingerprint density at radius 2 is 1.56 bits per heavy atom. The first-order valence-corrected chi connectivity index (χ1v) is 6.50. The van der Waals surface area contributed by atoms with Gasteiger partial charge < -0.3 is 5.11 Å². The van der Waals surface area contributed by atoms with Crippen molar-refractivity contribution in [2.75, 3.05) is 0 Å². The number of aliphatic hydroxyl groups excluding tert-OH is 1. The molecule has 0 fully saturated rings. The molecule has 2 heteroatoms. The topological polar surface area (TPSA) is 20.2 Å². The second kappa shape index (κ2) is 6.93. The summed E-state index contributed by atoms with van der Waals surface area (Å²) in [4.78, 5) is 0. The van der Waals surface area contributed by atoms with Crippen LogP contribution in [0.15, 0.2) is 24.3 Å². The van der Waals surface area contributed by atoms with Crippen LogP contribution in [0.5, 0.6) is 0 Å². The van der Waals surface area contributed by atoms with Crippen molar-refractivity contribution in [1.82, 2.24) is 0 Å². The van der Waals surface area contributed by atoms with E-state index in [-0.39, 0.29) is 6.10 Å². The predicted octanol–water partition coefficient (Wildman–Crippen LogP) is 4.59. The number of halogens is 1. The SMILES string of the molecule is CCCC(CCC)C(O)c1ccc(Cl)cc1. The summed E-state index contributed by atoms with van der Waals surface area (Å²) in [7, 11) is 0. The van der Waals surface area contributed by atoms with E-state index in [9.17, 15) is 5.11 Å². The molecular formula is C14H21ClO. The van der Waals surface area contributed by atoms with Crippen molar-refractivity contribution < 1.29 is 5.11 Å². The number of hydrogen-bond donors (Lipinski definition) is 1. The second-order valence-corrected chi connectivity index (χ2v) is 4.77. The van der Waals surface area contributed by atoms with E-state index in [4.69, 9.17) is 11.6 Å². The largest absolute Gasteiger partial charge is 0.388 e. The molecule has 0 amide bonds. The Labute approximate surface area is 103 Å². The molecule has 0 aliphatic carbocycles. The van der Waals surface area contributed by atoms with Crippen LogP contribution in [-0.2, 0) is 0 Å². The molecular weight excluding hydrogens is 220 g/mol. The quantitative estimate of drug-likeness (QED) is 0.771. The van der Waals surface area contributed by atoms with E-state index in [2.05, 4.69) is 13.8 Å². The van der Waals surface area contributed by atoms with Crippen molar-refractivity contribution in [2.24, 2.45) is 5.92 Å². The maximum absolute atomic E-state index is 10.3. The van der Waals surface area contributed by atoms with E-state index in [0.29, 0.717) is 5.92 Å². The molecule has 1 unspecified atom stereocenters. The van der Waals surface area contributed by atoms with Gasteiger partial charge in [0.25, 0.3) is 0 Å². The Hall–Kier alpha value is -0.530. The third kappa shape index (κ3) is 3.80. The smallest absolute Gasteiger partial charge is 0.0818 e. The highest BCUT2D eigenvalue weighted by atomic mass is 35.5. The molecule has 0 aliphatic rings. The van der Waals surface area contributed by atoms with Crippen LogP contribution in [0, 0.1) is 5.92 Å². The maximum atomic E-state index is 10.3. The third-order valence-corrected chi connectivity index (χ3v) is 3.23. The maximum Gasteiger partial charge on any atom is 0.0818 e. The van der Waals surface area contributed by atoms with Gasteiger partial charge in [0.2, 0.25) is 0 Å². The molecule has 0 aliphatic heterocycles. The number of benzene rings is 1. The van der Waals surface area contributed by atoms with E-state index in [1.165, 1.54) is 0 Å². The fourth-order valence-electron chi connectivity index (χ4n) is 2.13. The lowest BCUT2D eigenvalue weighted by atomic mass is 9.88. The average Bonchev–Trinajstić information content (AvgIpc) is 2.29. The summed E-state index contributed by atoms with van der Waals surface area (Å²) in [6.45, 7) is 4.33. The van der Waals surface area contributed by atoms with Crippen LogP contribution in [0.2, 0.25) is 5.02 Å². The monoisotopic (exact) mass is 240 g/mol. The third-order valence-electron chi connectivity index (χ3n) is 2.98. The van der Waals surface area contributed by atoms with Gasteiger partial charge in [0.1, 0.15) is 0 Å². The minimum Gasteiger partial charge on any atom is -0.388 e. The van der Waals surface area contributed by atoms with E-state index in [0.717, 1.165) is 36.3 Å². The van der Waals surface area contributed by atoms with Crippen molar-refractivity contribution in [3.8, 4) is 0 Å². The molecule has 0 spiro atoms. The van der Waals surface area contributed by atoms with Gasteiger partial charge in [-0.3, -0.25) is 0 Å². The molecule has 0 saturated heterocycles. The molecule has 0 radical (unpaired) electrons. The first-order chi connectivity index (χ1) is 7.69. The van der Waals surface area contributed by atoms with Gasteiger partial charge in [0, 0.05) is 5.02 Å². The van der Waals surface area contributed by atoms with Crippen molar-refractivity contribution in [1.29, 1.82) is 0 Å². The summed E-state index contributed by atoms with van der Waals surface area (Å²) in [5, 5.41) is 11.0. The van der Waals surface area contributed by atoms with Gasteiger partial charge in [-0.15, -0.1) is 0 Å². The molecule has 1 aromatic carbocycles. The van der Waals surface area contributed by atoms with Crippen molar-refractivity contribution in [3.05, 3.63) is 34.9 Å². The molecule has 16 heavy (non-hydrogen) atoms. The number of hydrogen-bond acceptors (Lipinski definition) is 1. The van der Waals surface area contributed by atoms with Gasteiger partial charge >= 0.3 is 0 Å². The zero-order valence-corrected chi connectivity index (χ0v) is 10.9. The molecule has 1 nitrogen and oxygen atoms in total. The highest BCUT2D eigenvalue weighted by Gasteiger charge is 2.18. The van der Waals surface area contributed by atoms with Gasteiger partial charge in [-0.05, 0) is 36.5 Å². The number of aliphatic hydroxyl groups is 1. The van der Waals surface area contributed by atoms with Gasteiger partial charge in [-0.1, -0.05) is 50.4 Å². The minimum atomic E-state index is -0.350. The molecule has 1 N–H and O–H groups in total. The first kappa shape index (κ1) is 13.5. The van der Waals surface area contributed by atoms with Crippen molar-refractivity contribution in [2.45, 2.75) is 45.6 Å². The first-order valence-electron chi connectivity index (χ1n) is 6.12. The van der Waals surface area contributed by atoms with Gasteiger partial charge in [0.05, 0.1) is 6.10 Å². The van der Waals surface area contributed by atoms with Crippen LogP contribution in [-0.4, -0.2) is 5.11 Å². The lowest BCUT2D eigenvalue weighted by Gasteiger charge is -2.22. The zero-order valence-electron chi connectivity index (χ0n) is 10.1. The Kier molecular flexibility index (Phi) is 5.86. The van der Waals surface area contributed by atoms with Crippen LogP contribution in [0.3, 0.4) is 0 Å². The lowest BCUT2D eigenvalue weighted by Crippen LogP contribution is -2.12. The zero-order chi connectivity index (χ0) is 12.0. The summed E-state index contributed by atoms with van der Waals surface area (Å²) in [6.07, 6.45) is 4.05. The van der Waals surface area contributed by atoms with Crippen LogP contribution in [0.1, 0.15) is 51.2 Å².